The Hall–Kier alpha value is -3.48. The molecule has 1 N–H and O–H groups in total. The summed E-state index contributed by atoms with van der Waals surface area (Å²) < 4.78 is 18.7. The summed E-state index contributed by atoms with van der Waals surface area (Å²) in [6, 6.07) is 15.0. The molecule has 0 bridgehead atoms. The Kier molecular flexibility index (Phi) is 6.95. The van der Waals surface area contributed by atoms with Crippen LogP contribution >= 0.6 is 0 Å². The van der Waals surface area contributed by atoms with Crippen LogP contribution in [0.4, 0.5) is 5.82 Å². The molecule has 3 rings (SSSR count). The molecule has 1 unspecified atom stereocenters. The SMILES string of the molecule is CCC(C)n1nccc1NC(=O)c1cc(OC)c(OCc2ccccc2)c(OC)c1. The highest BCUT2D eigenvalue weighted by molar-refractivity contribution is 6.04. The minimum Gasteiger partial charge on any atom is -0.493 e. The molecule has 1 heterocycles. The molecule has 30 heavy (non-hydrogen) atoms. The van der Waals surface area contributed by atoms with Gasteiger partial charge in [0.15, 0.2) is 11.5 Å². The number of aromatic nitrogens is 2. The monoisotopic (exact) mass is 409 g/mol. The van der Waals surface area contributed by atoms with Crippen molar-refractivity contribution < 1.29 is 19.0 Å². The van der Waals surface area contributed by atoms with Crippen molar-refractivity contribution >= 4 is 11.7 Å². The summed E-state index contributed by atoms with van der Waals surface area (Å²) >= 11 is 0. The molecule has 2 aromatic carbocycles. The Labute approximate surface area is 176 Å². The molecular weight excluding hydrogens is 382 g/mol. The van der Waals surface area contributed by atoms with Gasteiger partial charge in [-0.3, -0.25) is 4.79 Å². The van der Waals surface area contributed by atoms with E-state index in [9.17, 15) is 4.79 Å². The van der Waals surface area contributed by atoms with E-state index >= 15 is 0 Å². The van der Waals surface area contributed by atoms with Crippen molar-refractivity contribution in [2.75, 3.05) is 19.5 Å². The van der Waals surface area contributed by atoms with Crippen LogP contribution in [-0.4, -0.2) is 29.9 Å². The molecule has 0 aliphatic carbocycles. The van der Waals surface area contributed by atoms with E-state index in [1.165, 1.54) is 14.2 Å². The van der Waals surface area contributed by atoms with Gasteiger partial charge in [-0.25, -0.2) is 4.68 Å². The van der Waals surface area contributed by atoms with Gasteiger partial charge < -0.3 is 19.5 Å². The van der Waals surface area contributed by atoms with Crippen molar-refractivity contribution in [3.8, 4) is 17.2 Å². The van der Waals surface area contributed by atoms with E-state index in [4.69, 9.17) is 14.2 Å². The highest BCUT2D eigenvalue weighted by Gasteiger charge is 2.19. The number of nitrogens with zero attached hydrogens (tertiary/aromatic N) is 2. The molecule has 0 radical (unpaired) electrons. The van der Waals surface area contributed by atoms with Crippen molar-refractivity contribution in [2.45, 2.75) is 32.9 Å². The van der Waals surface area contributed by atoms with Crippen LogP contribution in [0.25, 0.3) is 0 Å². The molecule has 0 spiro atoms. The molecule has 7 nitrogen and oxygen atoms in total. The van der Waals surface area contributed by atoms with Crippen LogP contribution in [0.2, 0.25) is 0 Å². The van der Waals surface area contributed by atoms with Crippen LogP contribution in [0.1, 0.15) is 42.2 Å². The Morgan fingerprint density at radius 2 is 1.77 bits per heavy atom. The largest absolute Gasteiger partial charge is 0.493 e. The van der Waals surface area contributed by atoms with Gasteiger partial charge in [-0.2, -0.15) is 5.10 Å². The highest BCUT2D eigenvalue weighted by Crippen LogP contribution is 2.39. The Balaban J connectivity index is 1.84. The number of carbonyl (C=O) groups is 1. The van der Waals surface area contributed by atoms with Gasteiger partial charge in [-0.05, 0) is 31.0 Å². The molecule has 0 aliphatic heterocycles. The molecule has 1 amide bonds. The van der Waals surface area contributed by atoms with Crippen LogP contribution in [0.15, 0.2) is 54.7 Å². The number of methoxy groups -OCH3 is 2. The number of hydrogen-bond donors (Lipinski definition) is 1. The summed E-state index contributed by atoms with van der Waals surface area (Å²) in [5.74, 6) is 1.64. The zero-order valence-electron chi connectivity index (χ0n) is 17.7. The lowest BCUT2D eigenvalue weighted by atomic mass is 10.1. The maximum absolute atomic E-state index is 12.9. The normalized spacial score (nSPS) is 11.6. The van der Waals surface area contributed by atoms with Crippen molar-refractivity contribution in [3.63, 3.8) is 0 Å². The van der Waals surface area contributed by atoms with Crippen molar-refractivity contribution in [3.05, 3.63) is 65.9 Å². The number of rotatable bonds is 9. The second kappa shape index (κ2) is 9.82. The summed E-state index contributed by atoms with van der Waals surface area (Å²) in [7, 11) is 3.06. The van der Waals surface area contributed by atoms with E-state index in [2.05, 4.69) is 17.3 Å². The minimum absolute atomic E-state index is 0.174. The van der Waals surface area contributed by atoms with Gasteiger partial charge in [0.2, 0.25) is 5.75 Å². The van der Waals surface area contributed by atoms with E-state index in [-0.39, 0.29) is 11.9 Å². The number of hydrogen-bond acceptors (Lipinski definition) is 5. The maximum atomic E-state index is 12.9. The molecule has 1 atom stereocenters. The third kappa shape index (κ3) is 4.74. The average Bonchev–Trinajstić information content (AvgIpc) is 3.25. The van der Waals surface area contributed by atoms with Crippen LogP contribution in [0.5, 0.6) is 17.2 Å². The summed E-state index contributed by atoms with van der Waals surface area (Å²) in [6.07, 6.45) is 2.57. The van der Waals surface area contributed by atoms with E-state index in [0.717, 1.165) is 12.0 Å². The number of carbonyl (C=O) groups excluding carboxylic acids is 1. The number of ether oxygens (including phenoxy) is 3. The fraction of sp³-hybridized carbons (Fsp3) is 0.304. The van der Waals surface area contributed by atoms with Crippen LogP contribution < -0.4 is 19.5 Å². The van der Waals surface area contributed by atoms with Gasteiger partial charge in [0.05, 0.1) is 26.5 Å². The van der Waals surface area contributed by atoms with Gasteiger partial charge in [0.25, 0.3) is 5.91 Å². The lowest BCUT2D eigenvalue weighted by Crippen LogP contribution is -2.17. The second-order valence-electron chi connectivity index (χ2n) is 6.86. The topological polar surface area (TPSA) is 74.6 Å². The van der Waals surface area contributed by atoms with Crippen LogP contribution in [-0.2, 0) is 6.61 Å². The first-order chi connectivity index (χ1) is 14.6. The van der Waals surface area contributed by atoms with Crippen molar-refractivity contribution in [2.24, 2.45) is 0 Å². The molecule has 0 fully saturated rings. The van der Waals surface area contributed by atoms with Crippen molar-refractivity contribution in [1.29, 1.82) is 0 Å². The first kappa shape index (κ1) is 21.2. The molecule has 0 aliphatic rings. The van der Waals surface area contributed by atoms with Gasteiger partial charge in [0.1, 0.15) is 12.4 Å². The van der Waals surface area contributed by atoms with Gasteiger partial charge in [-0.1, -0.05) is 37.3 Å². The van der Waals surface area contributed by atoms with E-state index < -0.39 is 0 Å². The lowest BCUT2D eigenvalue weighted by Gasteiger charge is -2.17. The van der Waals surface area contributed by atoms with Crippen molar-refractivity contribution in [1.82, 2.24) is 9.78 Å². The summed E-state index contributed by atoms with van der Waals surface area (Å²) in [4.78, 5) is 12.9. The van der Waals surface area contributed by atoms with E-state index in [1.54, 1.807) is 29.1 Å². The fourth-order valence-electron chi connectivity index (χ4n) is 3.01. The fourth-order valence-corrected chi connectivity index (χ4v) is 3.01. The van der Waals surface area contributed by atoms with Gasteiger partial charge >= 0.3 is 0 Å². The number of benzene rings is 2. The number of anilines is 1. The number of nitrogens with one attached hydrogen (secondary N) is 1. The molecule has 0 saturated heterocycles. The quantitative estimate of drug-likeness (QED) is 0.554. The average molecular weight is 409 g/mol. The summed E-state index contributed by atoms with van der Waals surface area (Å²) in [6.45, 7) is 4.47. The second-order valence-corrected chi connectivity index (χ2v) is 6.86. The molecule has 7 heteroatoms. The first-order valence-electron chi connectivity index (χ1n) is 9.85. The zero-order valence-corrected chi connectivity index (χ0v) is 17.7. The highest BCUT2D eigenvalue weighted by atomic mass is 16.5. The summed E-state index contributed by atoms with van der Waals surface area (Å²) in [5, 5.41) is 7.21. The Morgan fingerprint density at radius 3 is 2.37 bits per heavy atom. The van der Waals surface area contributed by atoms with Gasteiger partial charge in [0, 0.05) is 11.6 Å². The maximum Gasteiger partial charge on any atom is 0.257 e. The Bertz CT molecular complexity index is 960. The molecule has 3 aromatic rings. The lowest BCUT2D eigenvalue weighted by molar-refractivity contribution is 0.102. The first-order valence-corrected chi connectivity index (χ1v) is 9.85. The predicted octanol–water partition coefficient (Wildman–Crippen LogP) is 4.70. The zero-order chi connectivity index (χ0) is 21.5. The van der Waals surface area contributed by atoms with Crippen LogP contribution in [0.3, 0.4) is 0 Å². The molecule has 1 aromatic heterocycles. The standard InChI is InChI=1S/C23H27N3O4/c1-5-16(2)26-21(11-12-24-26)25-23(27)18-13-19(28-3)22(20(14-18)29-4)30-15-17-9-7-6-8-10-17/h6-14,16H,5,15H2,1-4H3,(H,25,27). The third-order valence-corrected chi connectivity index (χ3v) is 4.87. The van der Waals surface area contributed by atoms with Crippen LogP contribution in [0, 0.1) is 0 Å². The molecule has 158 valence electrons. The summed E-state index contributed by atoms with van der Waals surface area (Å²) in [5.41, 5.74) is 1.41. The smallest absolute Gasteiger partial charge is 0.257 e. The number of amides is 1. The third-order valence-electron chi connectivity index (χ3n) is 4.87. The van der Waals surface area contributed by atoms with E-state index in [0.29, 0.717) is 35.2 Å². The molecular formula is C23H27N3O4. The predicted molar refractivity (Wildman–Crippen MR) is 116 cm³/mol. The van der Waals surface area contributed by atoms with E-state index in [1.807, 2.05) is 37.3 Å². The molecule has 0 saturated carbocycles. The Morgan fingerprint density at radius 1 is 1.10 bits per heavy atom. The van der Waals surface area contributed by atoms with Gasteiger partial charge in [-0.15, -0.1) is 0 Å². The minimum atomic E-state index is -0.286.